The summed E-state index contributed by atoms with van der Waals surface area (Å²) in [6.07, 6.45) is 14.4. The lowest BCUT2D eigenvalue weighted by Crippen LogP contribution is -2.51. The largest absolute Gasteiger partial charge is 0.0845 e. The smallest absolute Gasteiger partial charge is 0.00851 e. The molecule has 3 fully saturated rings. The molecular weight excluding hydrogens is 324 g/mol. The SMILES string of the molecule is CC(C)(C)C1CCC2(C)C(=CCC3C2CCC2(C)C3CCC2C(C)(C)C)C1. The van der Waals surface area contributed by atoms with Gasteiger partial charge in [-0.3, -0.25) is 0 Å². The Labute approximate surface area is 170 Å². The summed E-state index contributed by atoms with van der Waals surface area (Å²) in [7, 11) is 0. The second-order valence-electron chi connectivity index (χ2n) is 13.6. The third-order valence-electron chi connectivity index (χ3n) is 10.4. The van der Waals surface area contributed by atoms with E-state index in [-0.39, 0.29) is 0 Å². The van der Waals surface area contributed by atoms with Crippen LogP contribution in [-0.2, 0) is 0 Å². The number of rotatable bonds is 0. The van der Waals surface area contributed by atoms with Crippen molar-refractivity contribution in [3.63, 3.8) is 0 Å². The first-order valence-corrected chi connectivity index (χ1v) is 12.1. The molecule has 0 radical (unpaired) electrons. The van der Waals surface area contributed by atoms with Gasteiger partial charge in [0.05, 0.1) is 0 Å². The van der Waals surface area contributed by atoms with Crippen molar-refractivity contribution >= 4 is 0 Å². The summed E-state index contributed by atoms with van der Waals surface area (Å²) >= 11 is 0. The number of allylic oxidation sites excluding steroid dienone is 2. The Hall–Kier alpha value is -0.260. The third-order valence-corrected chi connectivity index (χ3v) is 10.4. The minimum absolute atomic E-state index is 0.468. The van der Waals surface area contributed by atoms with E-state index in [1.807, 2.05) is 5.57 Å². The molecule has 0 heteroatoms. The molecule has 3 saturated carbocycles. The van der Waals surface area contributed by atoms with Crippen molar-refractivity contribution in [3.05, 3.63) is 11.6 Å². The average molecular weight is 371 g/mol. The topological polar surface area (TPSA) is 0 Å². The zero-order valence-electron chi connectivity index (χ0n) is 19.6. The van der Waals surface area contributed by atoms with Crippen molar-refractivity contribution in [1.82, 2.24) is 0 Å². The van der Waals surface area contributed by atoms with Crippen molar-refractivity contribution in [2.75, 3.05) is 0 Å². The molecule has 0 nitrogen and oxygen atoms in total. The number of hydrogen-bond donors (Lipinski definition) is 0. The maximum Gasteiger partial charge on any atom is -0.00851 e. The molecule has 7 unspecified atom stereocenters. The lowest BCUT2D eigenvalue weighted by Gasteiger charge is -2.59. The molecule has 154 valence electrons. The van der Waals surface area contributed by atoms with Gasteiger partial charge in [0.25, 0.3) is 0 Å². The molecule has 4 rings (SSSR count). The van der Waals surface area contributed by atoms with Crippen molar-refractivity contribution in [2.45, 2.75) is 107 Å². The lowest BCUT2D eigenvalue weighted by atomic mass is 9.45. The van der Waals surface area contributed by atoms with Gasteiger partial charge in [-0.05, 0) is 103 Å². The second kappa shape index (κ2) is 6.12. The predicted molar refractivity (Wildman–Crippen MR) is 118 cm³/mol. The highest BCUT2D eigenvalue weighted by Crippen LogP contribution is 2.68. The monoisotopic (exact) mass is 370 g/mol. The van der Waals surface area contributed by atoms with Gasteiger partial charge in [-0.1, -0.05) is 67.0 Å². The van der Waals surface area contributed by atoms with Gasteiger partial charge in [0, 0.05) is 0 Å². The van der Waals surface area contributed by atoms with Gasteiger partial charge in [0.15, 0.2) is 0 Å². The van der Waals surface area contributed by atoms with Crippen LogP contribution < -0.4 is 0 Å². The highest BCUT2D eigenvalue weighted by atomic mass is 14.6. The molecule has 0 aromatic heterocycles. The molecule has 27 heavy (non-hydrogen) atoms. The van der Waals surface area contributed by atoms with E-state index in [0.717, 1.165) is 29.6 Å². The summed E-state index contributed by atoms with van der Waals surface area (Å²) in [5.41, 5.74) is 3.93. The van der Waals surface area contributed by atoms with Gasteiger partial charge >= 0.3 is 0 Å². The Morgan fingerprint density at radius 3 is 2.15 bits per heavy atom. The Kier molecular flexibility index (Phi) is 4.54. The van der Waals surface area contributed by atoms with E-state index >= 15 is 0 Å². The Morgan fingerprint density at radius 2 is 1.52 bits per heavy atom. The fraction of sp³-hybridized carbons (Fsp3) is 0.926. The van der Waals surface area contributed by atoms with E-state index in [2.05, 4.69) is 61.5 Å². The highest BCUT2D eigenvalue weighted by molar-refractivity contribution is 5.25. The molecule has 0 bridgehead atoms. The fourth-order valence-corrected chi connectivity index (χ4v) is 8.82. The molecule has 0 saturated heterocycles. The van der Waals surface area contributed by atoms with E-state index in [9.17, 15) is 0 Å². The summed E-state index contributed by atoms with van der Waals surface area (Å²) < 4.78 is 0. The van der Waals surface area contributed by atoms with Crippen LogP contribution in [0.15, 0.2) is 11.6 Å². The summed E-state index contributed by atoms with van der Waals surface area (Å²) in [5.74, 6) is 4.73. The molecule has 0 spiro atoms. The second-order valence-corrected chi connectivity index (χ2v) is 13.6. The molecule has 0 aromatic carbocycles. The van der Waals surface area contributed by atoms with E-state index in [1.165, 1.54) is 51.4 Å². The van der Waals surface area contributed by atoms with Crippen LogP contribution in [0.5, 0.6) is 0 Å². The van der Waals surface area contributed by atoms with Crippen LogP contribution in [0.1, 0.15) is 107 Å². The minimum Gasteiger partial charge on any atom is -0.0845 e. The van der Waals surface area contributed by atoms with Gasteiger partial charge in [0.1, 0.15) is 0 Å². The van der Waals surface area contributed by atoms with Gasteiger partial charge < -0.3 is 0 Å². The summed E-state index contributed by atoms with van der Waals surface area (Å²) in [6, 6.07) is 0. The average Bonchev–Trinajstić information content (AvgIpc) is 2.90. The lowest BCUT2D eigenvalue weighted by molar-refractivity contribution is -0.0645. The third kappa shape index (κ3) is 2.98. The van der Waals surface area contributed by atoms with Crippen molar-refractivity contribution in [1.29, 1.82) is 0 Å². The molecule has 0 heterocycles. The maximum absolute atomic E-state index is 2.76. The molecule has 7 atom stereocenters. The Balaban J connectivity index is 1.61. The summed E-state index contributed by atoms with van der Waals surface area (Å²) in [4.78, 5) is 0. The standard InChI is InChI=1S/C27H46/c1-24(2,3)18-13-15-26(7)19(17-18)9-10-20-21-11-12-23(25(4,5)6)27(21,8)16-14-22(20)26/h9,18,20-23H,10-17H2,1-8H3. The normalized spacial score (nSPS) is 47.7. The molecule has 0 amide bonds. The fourth-order valence-electron chi connectivity index (χ4n) is 8.82. The first-order chi connectivity index (χ1) is 12.4. The van der Waals surface area contributed by atoms with Gasteiger partial charge in [0.2, 0.25) is 0 Å². The minimum atomic E-state index is 0.468. The molecule has 4 aliphatic carbocycles. The van der Waals surface area contributed by atoms with Crippen LogP contribution in [-0.4, -0.2) is 0 Å². The van der Waals surface area contributed by atoms with Gasteiger partial charge in [-0.25, -0.2) is 0 Å². The highest BCUT2D eigenvalue weighted by Gasteiger charge is 2.60. The van der Waals surface area contributed by atoms with E-state index in [4.69, 9.17) is 0 Å². The Morgan fingerprint density at radius 1 is 0.815 bits per heavy atom. The zero-order valence-corrected chi connectivity index (χ0v) is 19.6. The van der Waals surface area contributed by atoms with Crippen molar-refractivity contribution < 1.29 is 0 Å². The van der Waals surface area contributed by atoms with Crippen LogP contribution in [0.3, 0.4) is 0 Å². The van der Waals surface area contributed by atoms with E-state index in [1.54, 1.807) is 0 Å². The van der Waals surface area contributed by atoms with Crippen LogP contribution in [0.25, 0.3) is 0 Å². The van der Waals surface area contributed by atoms with Crippen LogP contribution in [0, 0.1) is 51.2 Å². The van der Waals surface area contributed by atoms with Crippen LogP contribution in [0.2, 0.25) is 0 Å². The quantitative estimate of drug-likeness (QED) is 0.376. The van der Waals surface area contributed by atoms with E-state index < -0.39 is 0 Å². The van der Waals surface area contributed by atoms with Crippen LogP contribution in [0.4, 0.5) is 0 Å². The molecule has 0 aromatic rings. The number of fused-ring (bicyclic) bond motifs is 5. The predicted octanol–water partition coefficient (Wildman–Crippen LogP) is 8.27. The maximum atomic E-state index is 2.76. The van der Waals surface area contributed by atoms with Crippen molar-refractivity contribution in [2.24, 2.45) is 51.2 Å². The van der Waals surface area contributed by atoms with E-state index in [0.29, 0.717) is 21.7 Å². The van der Waals surface area contributed by atoms with Gasteiger partial charge in [-0.2, -0.15) is 0 Å². The molecular formula is C27H46. The van der Waals surface area contributed by atoms with Crippen LogP contribution >= 0.6 is 0 Å². The molecule has 0 aliphatic heterocycles. The zero-order chi connectivity index (χ0) is 19.8. The molecule has 0 N–H and O–H groups in total. The number of hydrogen-bond acceptors (Lipinski definition) is 0. The van der Waals surface area contributed by atoms with Gasteiger partial charge in [-0.15, -0.1) is 0 Å². The molecule has 4 aliphatic rings. The first-order valence-electron chi connectivity index (χ1n) is 12.1. The first kappa shape index (κ1) is 20.0. The van der Waals surface area contributed by atoms with Crippen molar-refractivity contribution in [3.8, 4) is 0 Å². The summed E-state index contributed by atoms with van der Waals surface area (Å²) in [6.45, 7) is 20.3. The summed E-state index contributed by atoms with van der Waals surface area (Å²) in [5, 5.41) is 0. The Bertz CT molecular complexity index is 611.